The fourth-order valence-electron chi connectivity index (χ4n) is 0.0983. The molecule has 0 aliphatic heterocycles. The molecular formula is C4H4ClS. The van der Waals surface area contributed by atoms with Crippen LogP contribution < -0.4 is 0 Å². The fourth-order valence-corrected chi connectivity index (χ4v) is 0.295. The van der Waals surface area contributed by atoms with Crippen molar-refractivity contribution in [2.45, 2.75) is 0 Å². The highest BCUT2D eigenvalue weighted by molar-refractivity contribution is 7.80. The van der Waals surface area contributed by atoms with E-state index in [1.165, 1.54) is 0 Å². The first kappa shape index (κ1) is 6.20. The minimum atomic E-state index is 0.399. The van der Waals surface area contributed by atoms with Crippen LogP contribution in [0.2, 0.25) is 0 Å². The summed E-state index contributed by atoms with van der Waals surface area (Å²) in [5.74, 6) is 6.13. The van der Waals surface area contributed by atoms with E-state index in [4.69, 9.17) is 11.6 Å². The normalized spacial score (nSPS) is 6.33. The van der Waals surface area contributed by atoms with E-state index in [2.05, 4.69) is 24.5 Å². The summed E-state index contributed by atoms with van der Waals surface area (Å²) in [5.41, 5.74) is 0. The Hall–Kier alpha value is 0.200. The molecule has 0 unspecified atom stereocenters. The average Bonchev–Trinajstić information content (AvgIpc) is 1.61. The van der Waals surface area contributed by atoms with Crippen molar-refractivity contribution in [3.05, 3.63) is 0 Å². The lowest BCUT2D eigenvalue weighted by molar-refractivity contribution is 1.85. The van der Waals surface area contributed by atoms with E-state index < -0.39 is 0 Å². The lowest BCUT2D eigenvalue weighted by atomic mass is 10.7. The van der Waals surface area contributed by atoms with Crippen LogP contribution in [-0.4, -0.2) is 11.6 Å². The van der Waals surface area contributed by atoms with Gasteiger partial charge < -0.3 is 0 Å². The minimum absolute atomic E-state index is 0.399. The summed E-state index contributed by atoms with van der Waals surface area (Å²) in [7, 11) is 0. The van der Waals surface area contributed by atoms with Gasteiger partial charge in [-0.3, -0.25) is 0 Å². The Balaban J connectivity index is 2.90. The molecule has 0 saturated carbocycles. The molecule has 0 spiro atoms. The molecule has 33 valence electrons. The van der Waals surface area contributed by atoms with Crippen LogP contribution in [-0.2, 0) is 0 Å². The van der Waals surface area contributed by atoms with Crippen molar-refractivity contribution in [2.24, 2.45) is 0 Å². The number of hydrogen-bond acceptors (Lipinski definition) is 0. The van der Waals surface area contributed by atoms with Gasteiger partial charge in [0.15, 0.2) is 0 Å². The Labute approximate surface area is 48.3 Å². The van der Waals surface area contributed by atoms with Gasteiger partial charge in [-0.1, -0.05) is 24.5 Å². The fraction of sp³-hybridized carbons (Fsp3) is 0.500. The largest absolute Gasteiger partial charge is 0.113 e. The van der Waals surface area contributed by atoms with Crippen molar-refractivity contribution < 1.29 is 0 Å². The van der Waals surface area contributed by atoms with Crippen LogP contribution in [0, 0.1) is 11.8 Å². The van der Waals surface area contributed by atoms with Crippen molar-refractivity contribution in [2.75, 3.05) is 11.6 Å². The molecule has 0 aliphatic rings. The maximum Gasteiger partial charge on any atom is 0.0835 e. The predicted molar refractivity (Wildman–Crippen MR) is 31.0 cm³/mol. The lowest BCUT2D eigenvalue weighted by Crippen LogP contribution is -1.61. The van der Waals surface area contributed by atoms with Gasteiger partial charge in [0.1, 0.15) is 0 Å². The maximum absolute atomic E-state index is 5.16. The molecule has 0 nitrogen and oxygen atoms in total. The van der Waals surface area contributed by atoms with E-state index in [9.17, 15) is 0 Å². The summed E-state index contributed by atoms with van der Waals surface area (Å²) in [6.07, 6.45) is 0. The molecule has 6 heavy (non-hydrogen) atoms. The van der Waals surface area contributed by atoms with Crippen LogP contribution in [0.3, 0.4) is 0 Å². The van der Waals surface area contributed by atoms with Crippen LogP contribution in [0.5, 0.6) is 0 Å². The molecule has 0 rings (SSSR count). The maximum atomic E-state index is 5.16. The van der Waals surface area contributed by atoms with Gasteiger partial charge in [-0.05, 0) is 0 Å². The molecule has 0 atom stereocenters. The van der Waals surface area contributed by atoms with Crippen molar-refractivity contribution >= 4 is 24.2 Å². The Bertz CT molecular complexity index is 61.4. The third-order valence-corrected chi connectivity index (χ3v) is 0.542. The van der Waals surface area contributed by atoms with Crippen molar-refractivity contribution in [3.63, 3.8) is 0 Å². The number of halogens is 1. The average molecular weight is 120 g/mol. The summed E-state index contributed by atoms with van der Waals surface area (Å²) in [6, 6.07) is 0. The molecule has 1 radical (unpaired) electrons. The van der Waals surface area contributed by atoms with E-state index in [-0.39, 0.29) is 0 Å². The third kappa shape index (κ3) is 4.20. The smallest absolute Gasteiger partial charge is 0.0835 e. The molecule has 0 aromatic heterocycles. The van der Waals surface area contributed by atoms with E-state index in [1.54, 1.807) is 0 Å². The van der Waals surface area contributed by atoms with Crippen LogP contribution >= 0.6 is 24.2 Å². The Morgan fingerprint density at radius 2 is 2.17 bits per heavy atom. The zero-order chi connectivity index (χ0) is 4.83. The number of hydrogen-bond donors (Lipinski definition) is 0. The van der Waals surface area contributed by atoms with Crippen LogP contribution in [0.1, 0.15) is 0 Å². The first-order chi connectivity index (χ1) is 2.91. The first-order valence-corrected chi connectivity index (χ1v) is 2.62. The standard InChI is InChI=1S/C4H4ClS/c5-3-1-2-4-6/h3-4H2. The second kappa shape index (κ2) is 5.20. The molecule has 0 aromatic rings. The summed E-state index contributed by atoms with van der Waals surface area (Å²) < 4.78 is 0. The van der Waals surface area contributed by atoms with E-state index in [0.717, 1.165) is 0 Å². The van der Waals surface area contributed by atoms with E-state index in [0.29, 0.717) is 11.6 Å². The second-order valence-corrected chi connectivity index (χ2v) is 1.19. The molecule has 0 saturated heterocycles. The lowest BCUT2D eigenvalue weighted by Gasteiger charge is -1.62. The summed E-state index contributed by atoms with van der Waals surface area (Å²) in [4.78, 5) is 0. The molecule has 2 heteroatoms. The summed E-state index contributed by atoms with van der Waals surface area (Å²) >= 11 is 9.65. The van der Waals surface area contributed by atoms with E-state index >= 15 is 0 Å². The van der Waals surface area contributed by atoms with Crippen LogP contribution in [0.15, 0.2) is 0 Å². The monoisotopic (exact) mass is 119 g/mol. The number of alkyl halides is 1. The van der Waals surface area contributed by atoms with Crippen molar-refractivity contribution in [1.82, 2.24) is 0 Å². The molecule has 0 amide bonds. The summed E-state index contributed by atoms with van der Waals surface area (Å²) in [5, 5.41) is 0. The van der Waals surface area contributed by atoms with Crippen molar-refractivity contribution in [1.29, 1.82) is 0 Å². The van der Waals surface area contributed by atoms with Gasteiger partial charge in [-0.25, -0.2) is 0 Å². The second-order valence-electron chi connectivity index (χ2n) is 0.632. The van der Waals surface area contributed by atoms with Gasteiger partial charge in [0.2, 0.25) is 0 Å². The van der Waals surface area contributed by atoms with Gasteiger partial charge in [0, 0.05) is 0 Å². The Morgan fingerprint density at radius 1 is 1.50 bits per heavy atom. The minimum Gasteiger partial charge on any atom is -0.113 e. The highest BCUT2D eigenvalue weighted by atomic mass is 35.5. The van der Waals surface area contributed by atoms with Gasteiger partial charge in [-0.15, -0.1) is 11.6 Å². The van der Waals surface area contributed by atoms with Crippen molar-refractivity contribution in [3.8, 4) is 11.8 Å². The zero-order valence-corrected chi connectivity index (χ0v) is 4.77. The molecule has 0 aromatic carbocycles. The number of rotatable bonds is 0. The topological polar surface area (TPSA) is 0 Å². The highest BCUT2D eigenvalue weighted by Gasteiger charge is 1.59. The van der Waals surface area contributed by atoms with Gasteiger partial charge >= 0.3 is 0 Å². The van der Waals surface area contributed by atoms with Gasteiger partial charge in [0.05, 0.1) is 11.6 Å². The SMILES string of the molecule is [S]CC#CCCl. The predicted octanol–water partition coefficient (Wildman–Crippen LogP) is 1.43. The summed E-state index contributed by atoms with van der Waals surface area (Å²) in [6.45, 7) is 0. The molecule has 0 bridgehead atoms. The quantitative estimate of drug-likeness (QED) is 0.334. The zero-order valence-electron chi connectivity index (χ0n) is 3.20. The van der Waals surface area contributed by atoms with E-state index in [1.807, 2.05) is 0 Å². The first-order valence-electron chi connectivity index (χ1n) is 1.51. The van der Waals surface area contributed by atoms with Gasteiger partial charge in [-0.2, -0.15) is 0 Å². The van der Waals surface area contributed by atoms with Crippen LogP contribution in [0.4, 0.5) is 0 Å². The molecular weight excluding hydrogens is 116 g/mol. The molecule has 0 aliphatic carbocycles. The van der Waals surface area contributed by atoms with Gasteiger partial charge in [0.25, 0.3) is 0 Å². The molecule has 0 fully saturated rings. The third-order valence-electron chi connectivity index (χ3n) is 0.264. The highest BCUT2D eigenvalue weighted by Crippen LogP contribution is 1.69. The van der Waals surface area contributed by atoms with Crippen LogP contribution in [0.25, 0.3) is 0 Å². The Morgan fingerprint density at radius 3 is 2.33 bits per heavy atom. The molecule has 0 heterocycles. The Kier molecular flexibility index (Phi) is 5.37. The molecule has 0 N–H and O–H groups in total.